The fraction of sp³-hybridized carbons (Fsp3) is 1.00. The maximum absolute atomic E-state index is 11.6. The third-order valence-electron chi connectivity index (χ3n) is 10.7. The van der Waals surface area contributed by atoms with Crippen molar-refractivity contribution in [2.45, 2.75) is 111 Å². The van der Waals surface area contributed by atoms with Gasteiger partial charge in [-0.1, -0.05) is 47.5 Å². The molecule has 0 amide bonds. The summed E-state index contributed by atoms with van der Waals surface area (Å²) in [4.78, 5) is 0. The van der Waals surface area contributed by atoms with Gasteiger partial charge in [0.05, 0.1) is 12.2 Å². The van der Waals surface area contributed by atoms with E-state index in [1.54, 1.807) is 0 Å². The number of rotatable bonds is 4. The van der Waals surface area contributed by atoms with E-state index in [0.29, 0.717) is 23.2 Å². The molecule has 4 rings (SSSR count). The fourth-order valence-corrected chi connectivity index (χ4v) is 8.96. The molecule has 4 aliphatic carbocycles. The monoisotopic (exact) mass is 390 g/mol. The lowest BCUT2D eigenvalue weighted by molar-refractivity contribution is -0.175. The third-order valence-corrected chi connectivity index (χ3v) is 10.7. The molecule has 4 aliphatic rings. The Morgan fingerprint density at radius 2 is 1.61 bits per heavy atom. The molecule has 0 radical (unpaired) electrons. The summed E-state index contributed by atoms with van der Waals surface area (Å²) in [5.41, 5.74) is 0.487. The van der Waals surface area contributed by atoms with Crippen LogP contribution >= 0.6 is 0 Å². The zero-order valence-corrected chi connectivity index (χ0v) is 19.2. The van der Waals surface area contributed by atoms with Gasteiger partial charge in [-0.2, -0.15) is 0 Å². The molecule has 0 aromatic heterocycles. The zero-order valence-electron chi connectivity index (χ0n) is 19.2. The van der Waals surface area contributed by atoms with Crippen molar-refractivity contribution in [3.05, 3.63) is 0 Å². The van der Waals surface area contributed by atoms with Crippen LogP contribution in [0.15, 0.2) is 0 Å². The molecular formula is C26H46O2. The first kappa shape index (κ1) is 21.2. The summed E-state index contributed by atoms with van der Waals surface area (Å²) in [5, 5.41) is 21.8. The number of aliphatic hydroxyl groups is 2. The van der Waals surface area contributed by atoms with Crippen LogP contribution in [-0.2, 0) is 0 Å². The molecule has 0 bridgehead atoms. The Morgan fingerprint density at radius 3 is 2.32 bits per heavy atom. The molecule has 0 saturated heterocycles. The second-order valence-corrected chi connectivity index (χ2v) is 12.3. The van der Waals surface area contributed by atoms with Gasteiger partial charge in [0, 0.05) is 0 Å². The molecule has 162 valence electrons. The van der Waals surface area contributed by atoms with E-state index in [0.717, 1.165) is 42.9 Å². The highest BCUT2D eigenvalue weighted by Crippen LogP contribution is 2.68. The molecule has 4 fully saturated rings. The van der Waals surface area contributed by atoms with Crippen LogP contribution in [-0.4, -0.2) is 22.4 Å². The van der Waals surface area contributed by atoms with Crippen LogP contribution < -0.4 is 0 Å². The Kier molecular flexibility index (Phi) is 5.71. The summed E-state index contributed by atoms with van der Waals surface area (Å²) in [6, 6.07) is 0. The molecule has 2 nitrogen and oxygen atoms in total. The highest BCUT2D eigenvalue weighted by Gasteiger charge is 2.63. The Bertz CT molecular complexity index is 559. The number of aliphatic hydroxyl groups excluding tert-OH is 2. The van der Waals surface area contributed by atoms with E-state index >= 15 is 0 Å². The molecule has 4 saturated carbocycles. The van der Waals surface area contributed by atoms with E-state index < -0.39 is 0 Å². The summed E-state index contributed by atoms with van der Waals surface area (Å²) in [5.74, 6) is 5.11. The topological polar surface area (TPSA) is 40.5 Å². The van der Waals surface area contributed by atoms with Gasteiger partial charge in [-0.3, -0.25) is 0 Å². The maximum Gasteiger partial charge on any atom is 0.0602 e. The molecule has 0 aromatic carbocycles. The largest absolute Gasteiger partial charge is 0.393 e. The summed E-state index contributed by atoms with van der Waals surface area (Å²) in [7, 11) is 0. The van der Waals surface area contributed by atoms with Crippen LogP contribution in [0.4, 0.5) is 0 Å². The predicted molar refractivity (Wildman–Crippen MR) is 116 cm³/mol. The van der Waals surface area contributed by atoms with Crippen molar-refractivity contribution in [3.63, 3.8) is 0 Å². The zero-order chi connectivity index (χ0) is 20.3. The van der Waals surface area contributed by atoms with Crippen molar-refractivity contribution in [3.8, 4) is 0 Å². The first-order chi connectivity index (χ1) is 13.2. The molecule has 28 heavy (non-hydrogen) atoms. The Balaban J connectivity index is 1.55. The van der Waals surface area contributed by atoms with Crippen molar-refractivity contribution < 1.29 is 10.2 Å². The standard InChI is InChI=1S/C26H46O2/c1-16(2)6-7-17(3)21-10-11-22-20-9-8-18-14-19(27)12-13-25(18,4)23(20)15-24(28)26(21,22)5/h16-24,27-28H,6-15H2,1-5H3/t17?,18?,19-,20?,21?,22+,23+,24+,25?,26-/m1/s1. The van der Waals surface area contributed by atoms with Crippen molar-refractivity contribution in [2.75, 3.05) is 0 Å². The first-order valence-corrected chi connectivity index (χ1v) is 12.5. The normalized spacial score (nSPS) is 52.1. The minimum absolute atomic E-state index is 0.0777. The van der Waals surface area contributed by atoms with Gasteiger partial charge in [-0.25, -0.2) is 0 Å². The van der Waals surface area contributed by atoms with Gasteiger partial charge >= 0.3 is 0 Å². The molecular weight excluding hydrogens is 344 g/mol. The van der Waals surface area contributed by atoms with Crippen LogP contribution in [0.1, 0.15) is 98.8 Å². The second-order valence-electron chi connectivity index (χ2n) is 12.3. The number of hydrogen-bond acceptors (Lipinski definition) is 2. The highest BCUT2D eigenvalue weighted by atomic mass is 16.3. The van der Waals surface area contributed by atoms with Gasteiger partial charge in [0.1, 0.15) is 0 Å². The van der Waals surface area contributed by atoms with E-state index in [-0.39, 0.29) is 17.6 Å². The smallest absolute Gasteiger partial charge is 0.0602 e. The minimum Gasteiger partial charge on any atom is -0.393 e. The predicted octanol–water partition coefficient (Wildman–Crippen LogP) is 6.05. The average molecular weight is 391 g/mol. The summed E-state index contributed by atoms with van der Waals surface area (Å²) >= 11 is 0. The number of hydrogen-bond donors (Lipinski definition) is 2. The second kappa shape index (κ2) is 7.56. The molecule has 0 aliphatic heterocycles. The van der Waals surface area contributed by atoms with E-state index in [1.807, 2.05) is 0 Å². The third kappa shape index (κ3) is 3.20. The minimum atomic E-state index is -0.129. The van der Waals surface area contributed by atoms with E-state index in [9.17, 15) is 10.2 Å². The van der Waals surface area contributed by atoms with Gasteiger partial charge in [-0.15, -0.1) is 0 Å². The van der Waals surface area contributed by atoms with Gasteiger partial charge in [-0.05, 0) is 104 Å². The fourth-order valence-electron chi connectivity index (χ4n) is 8.96. The Hall–Kier alpha value is -0.0800. The van der Waals surface area contributed by atoms with Gasteiger partial charge in [0.2, 0.25) is 0 Å². The lowest BCUT2D eigenvalue weighted by Gasteiger charge is -2.62. The lowest BCUT2D eigenvalue weighted by atomic mass is 9.43. The summed E-state index contributed by atoms with van der Waals surface area (Å²) < 4.78 is 0. The summed E-state index contributed by atoms with van der Waals surface area (Å²) in [6.07, 6.45) is 11.9. The van der Waals surface area contributed by atoms with Crippen LogP contribution in [0.25, 0.3) is 0 Å². The highest BCUT2D eigenvalue weighted by molar-refractivity contribution is 5.12. The average Bonchev–Trinajstić information content (AvgIpc) is 3.00. The molecule has 0 aromatic rings. The molecule has 0 spiro atoms. The molecule has 2 heteroatoms. The van der Waals surface area contributed by atoms with Crippen molar-refractivity contribution in [2.24, 2.45) is 52.3 Å². The first-order valence-electron chi connectivity index (χ1n) is 12.5. The van der Waals surface area contributed by atoms with Gasteiger partial charge < -0.3 is 10.2 Å². The van der Waals surface area contributed by atoms with Crippen LogP contribution in [0.5, 0.6) is 0 Å². The van der Waals surface area contributed by atoms with Crippen LogP contribution in [0.2, 0.25) is 0 Å². The van der Waals surface area contributed by atoms with Gasteiger partial charge in [0.25, 0.3) is 0 Å². The van der Waals surface area contributed by atoms with Crippen molar-refractivity contribution in [1.82, 2.24) is 0 Å². The Labute approximate surface area is 173 Å². The summed E-state index contributed by atoms with van der Waals surface area (Å²) in [6.45, 7) is 12.1. The van der Waals surface area contributed by atoms with Crippen molar-refractivity contribution in [1.29, 1.82) is 0 Å². The molecule has 10 atom stereocenters. The molecule has 2 N–H and O–H groups in total. The lowest BCUT2D eigenvalue weighted by Crippen LogP contribution is -2.58. The Morgan fingerprint density at radius 1 is 0.857 bits per heavy atom. The maximum atomic E-state index is 11.6. The molecule has 0 heterocycles. The van der Waals surface area contributed by atoms with Crippen molar-refractivity contribution >= 4 is 0 Å². The van der Waals surface area contributed by atoms with E-state index in [4.69, 9.17) is 0 Å². The van der Waals surface area contributed by atoms with E-state index in [1.165, 1.54) is 44.9 Å². The number of fused-ring (bicyclic) bond motifs is 5. The van der Waals surface area contributed by atoms with Crippen LogP contribution in [0.3, 0.4) is 0 Å². The van der Waals surface area contributed by atoms with E-state index in [2.05, 4.69) is 34.6 Å². The molecule has 5 unspecified atom stereocenters. The SMILES string of the molecule is CC(C)CCC(C)C1CC[C@H]2C3CCC4C[C@H](O)CCC4(C)[C@H]3C[C@H](O)[C@]12C. The van der Waals surface area contributed by atoms with Crippen LogP contribution in [0, 0.1) is 52.3 Å². The quantitative estimate of drug-likeness (QED) is 0.613. The van der Waals surface area contributed by atoms with Gasteiger partial charge in [0.15, 0.2) is 0 Å².